The molecule has 2 heterocycles. The van der Waals surface area contributed by atoms with Gasteiger partial charge in [-0.25, -0.2) is 13.4 Å². The topological polar surface area (TPSA) is 67.3 Å². The van der Waals surface area contributed by atoms with Crippen molar-refractivity contribution in [3.8, 4) is 0 Å². The first kappa shape index (κ1) is 16.7. The maximum absolute atomic E-state index is 12.8. The zero-order valence-corrected chi connectivity index (χ0v) is 14.9. The predicted octanol–water partition coefficient (Wildman–Crippen LogP) is 2.92. The van der Waals surface area contributed by atoms with Gasteiger partial charge in [-0.2, -0.15) is 0 Å². The summed E-state index contributed by atoms with van der Waals surface area (Å²) in [5.41, 5.74) is 1.10. The first-order valence-electron chi connectivity index (χ1n) is 8.50. The lowest BCUT2D eigenvalue weighted by molar-refractivity contribution is 0.0788. The Kier molecular flexibility index (Phi) is 4.20. The second kappa shape index (κ2) is 6.53. The highest BCUT2D eigenvalue weighted by molar-refractivity contribution is 7.92. The third-order valence-corrected chi connectivity index (χ3v) is 6.95. The first-order valence-corrected chi connectivity index (χ1v) is 10.0. The third kappa shape index (κ3) is 2.97. The predicted molar refractivity (Wildman–Crippen MR) is 99.7 cm³/mol. The summed E-state index contributed by atoms with van der Waals surface area (Å²) in [5.74, 6) is -0.221. The largest absolute Gasteiger partial charge is 0.336 e. The second-order valence-corrected chi connectivity index (χ2v) is 8.64. The van der Waals surface area contributed by atoms with E-state index in [-0.39, 0.29) is 12.5 Å². The van der Waals surface area contributed by atoms with Gasteiger partial charge in [0.05, 0.1) is 15.7 Å². The molecule has 1 amide bonds. The van der Waals surface area contributed by atoms with E-state index >= 15 is 0 Å². The molecule has 0 aliphatic carbocycles. The summed E-state index contributed by atoms with van der Waals surface area (Å²) in [5, 5.41) is 0.393. The summed E-state index contributed by atoms with van der Waals surface area (Å²) in [6.07, 6.45) is 0.441. The van der Waals surface area contributed by atoms with E-state index in [1.807, 2.05) is 30.3 Å². The van der Waals surface area contributed by atoms with Crippen molar-refractivity contribution in [2.75, 3.05) is 13.1 Å². The van der Waals surface area contributed by atoms with Gasteiger partial charge in [0.15, 0.2) is 9.84 Å². The first-order chi connectivity index (χ1) is 12.6. The molecule has 4 rings (SSSR count). The van der Waals surface area contributed by atoms with Crippen molar-refractivity contribution in [2.45, 2.75) is 16.6 Å². The molecule has 1 fully saturated rings. The summed E-state index contributed by atoms with van der Waals surface area (Å²) in [7, 11) is -3.44. The normalized spacial score (nSPS) is 17.5. The Morgan fingerprint density at radius 1 is 0.962 bits per heavy atom. The number of carbonyl (C=O) groups is 1. The van der Waals surface area contributed by atoms with E-state index in [0.29, 0.717) is 23.6 Å². The van der Waals surface area contributed by atoms with E-state index in [0.717, 1.165) is 10.9 Å². The molecule has 1 atom stereocenters. The van der Waals surface area contributed by atoms with Gasteiger partial charge in [-0.15, -0.1) is 0 Å². The number of para-hydroxylation sites is 1. The Hall–Kier alpha value is -2.73. The fourth-order valence-corrected chi connectivity index (χ4v) is 5.03. The number of aromatic nitrogens is 1. The average molecular weight is 366 g/mol. The van der Waals surface area contributed by atoms with Crippen LogP contribution in [0.4, 0.5) is 0 Å². The molecule has 2 aromatic carbocycles. The van der Waals surface area contributed by atoms with Gasteiger partial charge in [-0.05, 0) is 30.7 Å². The minimum absolute atomic E-state index is 0.199. The molecule has 0 saturated carbocycles. The fraction of sp³-hybridized carbons (Fsp3) is 0.200. The van der Waals surface area contributed by atoms with Gasteiger partial charge in [-0.1, -0.05) is 42.5 Å². The van der Waals surface area contributed by atoms with E-state index in [1.165, 1.54) is 0 Å². The minimum atomic E-state index is -3.44. The van der Waals surface area contributed by atoms with Crippen molar-refractivity contribution in [3.63, 3.8) is 0 Å². The van der Waals surface area contributed by atoms with Crippen molar-refractivity contribution >= 4 is 26.6 Å². The molecule has 0 spiro atoms. The SMILES string of the molecule is O=C(c1ccc2ccccc2n1)N1CCC(S(=O)(=O)c2ccccc2)C1. The van der Waals surface area contributed by atoms with Crippen LogP contribution in [0.3, 0.4) is 0 Å². The number of rotatable bonds is 3. The van der Waals surface area contributed by atoms with Gasteiger partial charge in [0.1, 0.15) is 5.69 Å². The number of pyridine rings is 1. The molecule has 0 bridgehead atoms. The lowest BCUT2D eigenvalue weighted by atomic mass is 10.2. The second-order valence-electron chi connectivity index (χ2n) is 6.41. The quantitative estimate of drug-likeness (QED) is 0.715. The molecule has 26 heavy (non-hydrogen) atoms. The van der Waals surface area contributed by atoms with Crippen LogP contribution in [0.1, 0.15) is 16.9 Å². The summed E-state index contributed by atoms with van der Waals surface area (Å²) < 4.78 is 25.5. The Bertz CT molecular complexity index is 1060. The van der Waals surface area contributed by atoms with Gasteiger partial charge >= 0.3 is 0 Å². The number of amides is 1. The summed E-state index contributed by atoms with van der Waals surface area (Å²) >= 11 is 0. The monoisotopic (exact) mass is 366 g/mol. The lowest BCUT2D eigenvalue weighted by Gasteiger charge is -2.16. The van der Waals surface area contributed by atoms with E-state index in [4.69, 9.17) is 0 Å². The number of hydrogen-bond acceptors (Lipinski definition) is 4. The molecule has 1 aliphatic heterocycles. The van der Waals surface area contributed by atoms with E-state index < -0.39 is 15.1 Å². The molecule has 0 radical (unpaired) electrons. The molecule has 6 heteroatoms. The number of sulfone groups is 1. The highest BCUT2D eigenvalue weighted by Crippen LogP contribution is 2.25. The fourth-order valence-electron chi connectivity index (χ4n) is 3.32. The van der Waals surface area contributed by atoms with Crippen LogP contribution >= 0.6 is 0 Å². The third-order valence-electron chi connectivity index (χ3n) is 4.76. The highest BCUT2D eigenvalue weighted by Gasteiger charge is 2.36. The van der Waals surface area contributed by atoms with Crippen molar-refractivity contribution < 1.29 is 13.2 Å². The zero-order chi connectivity index (χ0) is 18.1. The van der Waals surface area contributed by atoms with Gasteiger partial charge in [0.25, 0.3) is 5.91 Å². The minimum Gasteiger partial charge on any atom is -0.336 e. The number of likely N-dealkylation sites (tertiary alicyclic amines) is 1. The van der Waals surface area contributed by atoms with Crippen LogP contribution in [0.5, 0.6) is 0 Å². The summed E-state index contributed by atoms with van der Waals surface area (Å²) in [6, 6.07) is 19.6. The van der Waals surface area contributed by atoms with Crippen LogP contribution in [0.25, 0.3) is 10.9 Å². The molecule has 5 nitrogen and oxygen atoms in total. The smallest absolute Gasteiger partial charge is 0.272 e. The molecule has 1 aromatic heterocycles. The number of benzene rings is 2. The molecular formula is C20H18N2O3S. The standard InChI is InChI=1S/C20H18N2O3S/c23-20(19-11-10-15-6-4-5-9-18(15)21-19)22-13-12-17(14-22)26(24,25)16-7-2-1-3-8-16/h1-11,17H,12-14H2. The van der Waals surface area contributed by atoms with Crippen LogP contribution in [-0.4, -0.2) is 42.5 Å². The van der Waals surface area contributed by atoms with E-state index in [9.17, 15) is 13.2 Å². The lowest BCUT2D eigenvalue weighted by Crippen LogP contribution is -2.32. The van der Waals surface area contributed by atoms with Gasteiger partial charge in [-0.3, -0.25) is 4.79 Å². The van der Waals surface area contributed by atoms with Crippen LogP contribution in [-0.2, 0) is 9.84 Å². The van der Waals surface area contributed by atoms with Gasteiger partial charge in [0.2, 0.25) is 0 Å². The molecule has 1 saturated heterocycles. The number of nitrogens with zero attached hydrogens (tertiary/aromatic N) is 2. The van der Waals surface area contributed by atoms with Crippen molar-refractivity contribution in [1.82, 2.24) is 9.88 Å². The van der Waals surface area contributed by atoms with E-state index in [2.05, 4.69) is 4.98 Å². The Labute approximate surface area is 152 Å². The maximum atomic E-state index is 12.8. The number of carbonyl (C=O) groups excluding carboxylic acids is 1. The van der Waals surface area contributed by atoms with Crippen molar-refractivity contribution in [1.29, 1.82) is 0 Å². The highest BCUT2D eigenvalue weighted by atomic mass is 32.2. The number of fused-ring (bicyclic) bond motifs is 1. The zero-order valence-electron chi connectivity index (χ0n) is 14.1. The summed E-state index contributed by atoms with van der Waals surface area (Å²) in [6.45, 7) is 0.620. The molecule has 1 unspecified atom stereocenters. The van der Waals surface area contributed by atoms with Gasteiger partial charge < -0.3 is 4.90 Å². The van der Waals surface area contributed by atoms with Crippen LogP contribution < -0.4 is 0 Å². The van der Waals surface area contributed by atoms with Gasteiger partial charge in [0, 0.05) is 18.5 Å². The van der Waals surface area contributed by atoms with Crippen LogP contribution in [0, 0.1) is 0 Å². The Balaban J connectivity index is 1.55. The molecule has 1 aliphatic rings. The molecule has 132 valence electrons. The van der Waals surface area contributed by atoms with Crippen molar-refractivity contribution in [3.05, 3.63) is 72.4 Å². The van der Waals surface area contributed by atoms with Crippen LogP contribution in [0.15, 0.2) is 71.6 Å². The summed E-state index contributed by atoms with van der Waals surface area (Å²) in [4.78, 5) is 19.1. The molecular weight excluding hydrogens is 348 g/mol. The maximum Gasteiger partial charge on any atom is 0.272 e. The molecule has 0 N–H and O–H groups in total. The Morgan fingerprint density at radius 2 is 1.69 bits per heavy atom. The van der Waals surface area contributed by atoms with E-state index in [1.54, 1.807) is 41.3 Å². The Morgan fingerprint density at radius 3 is 2.50 bits per heavy atom. The average Bonchev–Trinajstić information content (AvgIpc) is 3.19. The number of hydrogen-bond donors (Lipinski definition) is 0. The molecule has 3 aromatic rings. The van der Waals surface area contributed by atoms with Crippen molar-refractivity contribution in [2.24, 2.45) is 0 Å². The van der Waals surface area contributed by atoms with Crippen LogP contribution in [0.2, 0.25) is 0 Å².